The molecule has 7 heteroatoms. The summed E-state index contributed by atoms with van der Waals surface area (Å²) in [5.74, 6) is 0.426. The Kier molecular flexibility index (Phi) is 10.7. The maximum absolute atomic E-state index is 14.2. The number of carbonyl (C=O) groups excluding carboxylic acids is 2. The molecule has 0 fully saturated rings. The van der Waals surface area contributed by atoms with Crippen LogP contribution in [0.25, 0.3) is 0 Å². The lowest BCUT2D eigenvalue weighted by molar-refractivity contribution is -0.144. The Bertz CT molecular complexity index is 934. The van der Waals surface area contributed by atoms with E-state index in [9.17, 15) is 14.2 Å². The standard InChI is InChI=1S/C26H35O6P/c1-5-7-12-20(6-2)19-32-24(27)17-18-33(29,21-13-9-8-10-14-21)26(28)25-22(30-3)15-11-16-23(25)31-4/h8-11,13-16,20H,5-7,12,17-19H2,1-4H3. The second-order valence-corrected chi connectivity index (χ2v) is 10.8. The number of hydrogen-bond donors (Lipinski definition) is 0. The fourth-order valence-electron chi connectivity index (χ4n) is 3.69. The van der Waals surface area contributed by atoms with Gasteiger partial charge < -0.3 is 18.8 Å². The van der Waals surface area contributed by atoms with Gasteiger partial charge in [0.1, 0.15) is 17.1 Å². The predicted molar refractivity (Wildman–Crippen MR) is 131 cm³/mol. The van der Waals surface area contributed by atoms with E-state index in [4.69, 9.17) is 14.2 Å². The van der Waals surface area contributed by atoms with Crippen LogP contribution in [0.15, 0.2) is 48.5 Å². The lowest BCUT2D eigenvalue weighted by Crippen LogP contribution is -2.20. The van der Waals surface area contributed by atoms with Crippen molar-refractivity contribution in [2.24, 2.45) is 5.92 Å². The molecule has 0 aliphatic rings. The van der Waals surface area contributed by atoms with Crippen molar-refractivity contribution in [2.45, 2.75) is 46.0 Å². The minimum Gasteiger partial charge on any atom is -0.496 e. The van der Waals surface area contributed by atoms with Crippen molar-refractivity contribution in [3.8, 4) is 11.5 Å². The van der Waals surface area contributed by atoms with Gasteiger partial charge in [0, 0.05) is 11.5 Å². The van der Waals surface area contributed by atoms with E-state index in [0.717, 1.165) is 25.7 Å². The summed E-state index contributed by atoms with van der Waals surface area (Å²) in [7, 11) is -0.803. The fourth-order valence-corrected chi connectivity index (χ4v) is 6.12. The molecule has 6 nitrogen and oxygen atoms in total. The molecule has 2 aromatic rings. The Labute approximate surface area is 197 Å². The molecule has 0 aliphatic heterocycles. The molecular weight excluding hydrogens is 439 g/mol. The molecule has 2 unspecified atom stereocenters. The van der Waals surface area contributed by atoms with Gasteiger partial charge in [0.25, 0.3) is 0 Å². The number of methoxy groups -OCH3 is 2. The van der Waals surface area contributed by atoms with E-state index in [-0.39, 0.29) is 29.6 Å². The summed E-state index contributed by atoms with van der Waals surface area (Å²) in [6, 6.07) is 13.5. The van der Waals surface area contributed by atoms with Gasteiger partial charge in [-0.3, -0.25) is 9.59 Å². The molecule has 2 atom stereocenters. The maximum Gasteiger partial charge on any atom is 0.306 e. The summed E-state index contributed by atoms with van der Waals surface area (Å²) in [5.41, 5.74) is -0.473. The van der Waals surface area contributed by atoms with Gasteiger partial charge in [0.05, 0.1) is 27.2 Å². The molecule has 0 aromatic heterocycles. The highest BCUT2D eigenvalue weighted by molar-refractivity contribution is 7.87. The van der Waals surface area contributed by atoms with E-state index in [1.165, 1.54) is 14.2 Å². The average Bonchev–Trinajstić information content (AvgIpc) is 2.86. The van der Waals surface area contributed by atoms with E-state index in [1.54, 1.807) is 48.5 Å². The molecule has 180 valence electrons. The summed E-state index contributed by atoms with van der Waals surface area (Å²) < 4.78 is 30.4. The first-order chi connectivity index (χ1) is 15.9. The molecule has 2 aromatic carbocycles. The maximum atomic E-state index is 14.2. The third kappa shape index (κ3) is 6.94. The minimum absolute atomic E-state index is 0.112. The molecule has 2 rings (SSSR count). The zero-order chi connectivity index (χ0) is 24.3. The van der Waals surface area contributed by atoms with Crippen LogP contribution in [-0.2, 0) is 14.1 Å². The molecule has 0 spiro atoms. The van der Waals surface area contributed by atoms with E-state index in [2.05, 4.69) is 13.8 Å². The van der Waals surface area contributed by atoms with Gasteiger partial charge in [-0.1, -0.05) is 69.5 Å². The third-order valence-electron chi connectivity index (χ3n) is 5.80. The van der Waals surface area contributed by atoms with Gasteiger partial charge in [-0.25, -0.2) is 0 Å². The zero-order valence-electron chi connectivity index (χ0n) is 20.0. The number of ether oxygens (including phenoxy) is 3. The van der Waals surface area contributed by atoms with Crippen LogP contribution in [0, 0.1) is 5.92 Å². The van der Waals surface area contributed by atoms with E-state index in [0.29, 0.717) is 17.8 Å². The second-order valence-electron chi connectivity index (χ2n) is 7.99. The van der Waals surface area contributed by atoms with Crippen LogP contribution in [0.4, 0.5) is 0 Å². The highest BCUT2D eigenvalue weighted by Crippen LogP contribution is 2.51. The third-order valence-corrected chi connectivity index (χ3v) is 8.66. The van der Waals surface area contributed by atoms with Gasteiger partial charge in [-0.15, -0.1) is 0 Å². The van der Waals surface area contributed by atoms with Crippen molar-refractivity contribution in [3.63, 3.8) is 0 Å². The van der Waals surface area contributed by atoms with Crippen LogP contribution in [0.1, 0.15) is 56.3 Å². The largest absolute Gasteiger partial charge is 0.496 e. The Morgan fingerprint density at radius 1 is 0.939 bits per heavy atom. The molecule has 0 bridgehead atoms. The van der Waals surface area contributed by atoms with Crippen molar-refractivity contribution >= 4 is 23.9 Å². The van der Waals surface area contributed by atoms with Crippen molar-refractivity contribution in [2.75, 3.05) is 27.0 Å². The van der Waals surface area contributed by atoms with Crippen LogP contribution < -0.4 is 14.8 Å². The Morgan fingerprint density at radius 2 is 1.58 bits per heavy atom. The average molecular weight is 475 g/mol. The normalized spacial score (nSPS) is 13.6. The summed E-state index contributed by atoms with van der Waals surface area (Å²) in [6.45, 7) is 4.56. The molecule has 0 saturated heterocycles. The quantitative estimate of drug-likeness (QED) is 0.259. The Hall–Kier alpha value is -2.59. The van der Waals surface area contributed by atoms with Crippen LogP contribution in [-0.4, -0.2) is 38.5 Å². The number of unbranched alkanes of at least 4 members (excludes halogenated alkanes) is 1. The summed E-state index contributed by atoms with van der Waals surface area (Å²) >= 11 is 0. The SMILES string of the molecule is CCCCC(CC)COC(=O)CCP(=O)(C(=O)c1c(OC)cccc1OC)c1ccccc1. The summed E-state index contributed by atoms with van der Waals surface area (Å²) in [4.78, 5) is 26.2. The topological polar surface area (TPSA) is 78.9 Å². The lowest BCUT2D eigenvalue weighted by atomic mass is 10.0. The zero-order valence-corrected chi connectivity index (χ0v) is 20.9. The molecule has 0 aliphatic carbocycles. The number of rotatable bonds is 14. The second kappa shape index (κ2) is 13.2. The van der Waals surface area contributed by atoms with Gasteiger partial charge >= 0.3 is 5.97 Å². The number of carbonyl (C=O) groups is 2. The summed E-state index contributed by atoms with van der Waals surface area (Å²) in [6.07, 6.45) is 3.89. The summed E-state index contributed by atoms with van der Waals surface area (Å²) in [5, 5.41) is 0.394. The van der Waals surface area contributed by atoms with Gasteiger partial charge in [-0.05, 0) is 24.5 Å². The molecule has 0 amide bonds. The number of hydrogen-bond acceptors (Lipinski definition) is 6. The van der Waals surface area contributed by atoms with Crippen molar-refractivity contribution in [1.82, 2.24) is 0 Å². The first kappa shape index (κ1) is 26.7. The van der Waals surface area contributed by atoms with Crippen molar-refractivity contribution in [3.05, 3.63) is 54.1 Å². The highest BCUT2D eigenvalue weighted by atomic mass is 31.2. The van der Waals surface area contributed by atoms with E-state index >= 15 is 0 Å². The number of esters is 1. The number of benzene rings is 2. The van der Waals surface area contributed by atoms with Crippen LogP contribution in [0.3, 0.4) is 0 Å². The van der Waals surface area contributed by atoms with Crippen LogP contribution >= 0.6 is 7.14 Å². The molecule has 0 N–H and O–H groups in total. The molecule has 0 heterocycles. The molecule has 0 saturated carbocycles. The first-order valence-corrected chi connectivity index (χ1v) is 13.4. The van der Waals surface area contributed by atoms with Gasteiger partial charge in [0.2, 0.25) is 5.52 Å². The minimum atomic E-state index is -3.69. The van der Waals surface area contributed by atoms with Crippen molar-refractivity contribution < 1.29 is 28.4 Å². The lowest BCUT2D eigenvalue weighted by Gasteiger charge is -2.20. The molecular formula is C26H35O6P. The predicted octanol–water partition coefficient (Wildman–Crippen LogP) is 5.68. The van der Waals surface area contributed by atoms with Crippen LogP contribution in [0.2, 0.25) is 0 Å². The first-order valence-electron chi connectivity index (χ1n) is 11.5. The van der Waals surface area contributed by atoms with E-state index in [1.807, 2.05) is 0 Å². The fraction of sp³-hybridized carbons (Fsp3) is 0.462. The smallest absolute Gasteiger partial charge is 0.306 e. The Balaban J connectivity index is 2.27. The Morgan fingerprint density at radius 3 is 2.12 bits per heavy atom. The van der Waals surface area contributed by atoms with Gasteiger partial charge in [-0.2, -0.15) is 0 Å². The molecule has 33 heavy (non-hydrogen) atoms. The van der Waals surface area contributed by atoms with Gasteiger partial charge in [0.15, 0.2) is 7.14 Å². The molecule has 0 radical (unpaired) electrons. The highest BCUT2D eigenvalue weighted by Gasteiger charge is 2.38. The van der Waals surface area contributed by atoms with Crippen LogP contribution in [0.5, 0.6) is 11.5 Å². The monoisotopic (exact) mass is 474 g/mol. The van der Waals surface area contributed by atoms with Crippen molar-refractivity contribution in [1.29, 1.82) is 0 Å². The van der Waals surface area contributed by atoms with E-state index < -0.39 is 18.6 Å².